The van der Waals surface area contributed by atoms with E-state index in [4.69, 9.17) is 0 Å². The number of fused-ring (bicyclic) bond motifs is 1. The molecule has 0 saturated heterocycles. The number of hydrogen-bond donors (Lipinski definition) is 0. The molecule has 0 aliphatic heterocycles. The number of halogens is 1. The largest absolute Gasteiger partial charge is 0.0836 e. The quantitative estimate of drug-likeness (QED) is 0.643. The Balaban J connectivity index is 2.50. The SMILES string of the molecule is CCC1c2ccc(C)cc2C(Br)C1C. The zero-order valence-electron chi connectivity index (χ0n) is 9.05. The zero-order chi connectivity index (χ0) is 10.3. The molecule has 76 valence electrons. The van der Waals surface area contributed by atoms with Gasteiger partial charge in [-0.25, -0.2) is 0 Å². The molecule has 0 heterocycles. The van der Waals surface area contributed by atoms with Gasteiger partial charge in [-0.15, -0.1) is 0 Å². The van der Waals surface area contributed by atoms with Gasteiger partial charge in [0.15, 0.2) is 0 Å². The Morgan fingerprint density at radius 3 is 2.64 bits per heavy atom. The van der Waals surface area contributed by atoms with Gasteiger partial charge in [0.1, 0.15) is 0 Å². The lowest BCUT2D eigenvalue weighted by Gasteiger charge is -2.15. The summed E-state index contributed by atoms with van der Waals surface area (Å²) in [5, 5.41) is 0. The fourth-order valence-electron chi connectivity index (χ4n) is 2.63. The van der Waals surface area contributed by atoms with Crippen molar-refractivity contribution in [3.63, 3.8) is 0 Å². The highest BCUT2D eigenvalue weighted by Crippen LogP contribution is 2.50. The van der Waals surface area contributed by atoms with Gasteiger partial charge in [-0.1, -0.05) is 53.5 Å². The Hall–Kier alpha value is -0.300. The van der Waals surface area contributed by atoms with Crippen molar-refractivity contribution in [3.8, 4) is 0 Å². The lowest BCUT2D eigenvalue weighted by molar-refractivity contribution is 0.484. The van der Waals surface area contributed by atoms with E-state index in [0.717, 1.165) is 11.8 Å². The van der Waals surface area contributed by atoms with Gasteiger partial charge >= 0.3 is 0 Å². The molecule has 0 saturated carbocycles. The first-order chi connectivity index (χ1) is 6.65. The normalized spacial score (nSPS) is 30.4. The molecule has 1 aliphatic carbocycles. The molecule has 0 amide bonds. The first-order valence-electron chi connectivity index (χ1n) is 5.39. The van der Waals surface area contributed by atoms with Crippen LogP contribution in [0.5, 0.6) is 0 Å². The van der Waals surface area contributed by atoms with Crippen LogP contribution < -0.4 is 0 Å². The van der Waals surface area contributed by atoms with Crippen LogP contribution in [-0.2, 0) is 0 Å². The van der Waals surface area contributed by atoms with Crippen LogP contribution in [0, 0.1) is 12.8 Å². The van der Waals surface area contributed by atoms with Crippen molar-refractivity contribution in [2.75, 3.05) is 0 Å². The van der Waals surface area contributed by atoms with E-state index in [1.54, 1.807) is 5.56 Å². The summed E-state index contributed by atoms with van der Waals surface area (Å²) in [5.41, 5.74) is 4.45. The van der Waals surface area contributed by atoms with E-state index in [-0.39, 0.29) is 0 Å². The topological polar surface area (TPSA) is 0 Å². The number of alkyl halides is 1. The third-order valence-corrected chi connectivity index (χ3v) is 4.80. The highest BCUT2D eigenvalue weighted by atomic mass is 79.9. The predicted octanol–water partition coefficient (Wildman–Crippen LogP) is 4.57. The van der Waals surface area contributed by atoms with Gasteiger partial charge in [0.2, 0.25) is 0 Å². The highest BCUT2D eigenvalue weighted by molar-refractivity contribution is 9.09. The number of aryl methyl sites for hydroxylation is 1. The molecule has 1 aromatic rings. The third kappa shape index (κ3) is 1.42. The van der Waals surface area contributed by atoms with Crippen LogP contribution in [0.4, 0.5) is 0 Å². The second-order valence-electron chi connectivity index (χ2n) is 4.41. The van der Waals surface area contributed by atoms with Gasteiger partial charge in [0.05, 0.1) is 0 Å². The Morgan fingerprint density at radius 2 is 2.00 bits per heavy atom. The zero-order valence-corrected chi connectivity index (χ0v) is 10.6. The van der Waals surface area contributed by atoms with Crippen molar-refractivity contribution in [2.45, 2.75) is 37.9 Å². The van der Waals surface area contributed by atoms with E-state index in [9.17, 15) is 0 Å². The molecule has 1 aliphatic rings. The fourth-order valence-corrected chi connectivity index (χ4v) is 3.40. The smallest absolute Gasteiger partial charge is 0.0429 e. The van der Waals surface area contributed by atoms with Crippen molar-refractivity contribution >= 4 is 15.9 Å². The highest BCUT2D eigenvalue weighted by Gasteiger charge is 2.34. The number of hydrogen-bond acceptors (Lipinski definition) is 0. The molecular weight excluding hydrogens is 236 g/mol. The summed E-state index contributed by atoms with van der Waals surface area (Å²) in [6.07, 6.45) is 1.25. The van der Waals surface area contributed by atoms with E-state index < -0.39 is 0 Å². The third-order valence-electron chi connectivity index (χ3n) is 3.47. The Morgan fingerprint density at radius 1 is 1.29 bits per heavy atom. The van der Waals surface area contributed by atoms with E-state index in [1.807, 2.05) is 0 Å². The summed E-state index contributed by atoms with van der Waals surface area (Å²) in [7, 11) is 0. The van der Waals surface area contributed by atoms with E-state index >= 15 is 0 Å². The maximum Gasteiger partial charge on any atom is 0.0429 e. The molecule has 0 aromatic heterocycles. The summed E-state index contributed by atoms with van der Waals surface area (Å²) in [6.45, 7) is 6.81. The minimum absolute atomic E-state index is 0.558. The monoisotopic (exact) mass is 252 g/mol. The van der Waals surface area contributed by atoms with Crippen LogP contribution in [-0.4, -0.2) is 0 Å². The molecule has 0 radical (unpaired) electrons. The van der Waals surface area contributed by atoms with E-state index in [2.05, 4.69) is 54.9 Å². The molecule has 0 fully saturated rings. The van der Waals surface area contributed by atoms with Gasteiger partial charge in [-0.05, 0) is 36.3 Å². The minimum Gasteiger partial charge on any atom is -0.0836 e. The first-order valence-corrected chi connectivity index (χ1v) is 6.31. The van der Waals surface area contributed by atoms with Gasteiger partial charge < -0.3 is 0 Å². The molecule has 0 N–H and O–H groups in total. The average molecular weight is 253 g/mol. The van der Waals surface area contributed by atoms with Crippen LogP contribution in [0.2, 0.25) is 0 Å². The van der Waals surface area contributed by atoms with Crippen LogP contribution in [0.1, 0.15) is 47.7 Å². The van der Waals surface area contributed by atoms with Crippen LogP contribution >= 0.6 is 15.9 Å². The maximum atomic E-state index is 3.82. The second-order valence-corrected chi connectivity index (χ2v) is 5.39. The van der Waals surface area contributed by atoms with E-state index in [0.29, 0.717) is 4.83 Å². The molecule has 0 bridgehead atoms. The summed E-state index contributed by atoms with van der Waals surface area (Å²) >= 11 is 3.82. The molecule has 3 atom stereocenters. The van der Waals surface area contributed by atoms with Crippen molar-refractivity contribution in [2.24, 2.45) is 5.92 Å². The molecule has 1 heteroatoms. The van der Waals surface area contributed by atoms with Crippen molar-refractivity contribution in [3.05, 3.63) is 34.9 Å². The first kappa shape index (κ1) is 10.2. The number of benzene rings is 1. The molecule has 0 spiro atoms. The van der Waals surface area contributed by atoms with Crippen LogP contribution in [0.3, 0.4) is 0 Å². The van der Waals surface area contributed by atoms with Crippen molar-refractivity contribution < 1.29 is 0 Å². The minimum atomic E-state index is 0.558. The Kier molecular flexibility index (Phi) is 2.70. The molecule has 3 unspecified atom stereocenters. The lowest BCUT2D eigenvalue weighted by Crippen LogP contribution is -2.03. The van der Waals surface area contributed by atoms with Crippen LogP contribution in [0.25, 0.3) is 0 Å². The lowest BCUT2D eigenvalue weighted by atomic mass is 9.92. The van der Waals surface area contributed by atoms with Crippen molar-refractivity contribution in [1.82, 2.24) is 0 Å². The van der Waals surface area contributed by atoms with Crippen molar-refractivity contribution in [1.29, 1.82) is 0 Å². The standard InChI is InChI=1S/C13H17Br/c1-4-10-9(3)13(14)12-7-8(2)5-6-11(10)12/h5-7,9-10,13H,4H2,1-3H3. The molecule has 14 heavy (non-hydrogen) atoms. The van der Waals surface area contributed by atoms with Gasteiger partial charge in [-0.3, -0.25) is 0 Å². The van der Waals surface area contributed by atoms with Gasteiger partial charge in [0, 0.05) is 4.83 Å². The second kappa shape index (κ2) is 3.69. The van der Waals surface area contributed by atoms with Gasteiger partial charge in [0.25, 0.3) is 0 Å². The predicted molar refractivity (Wildman–Crippen MR) is 65.0 cm³/mol. The molecular formula is C13H17Br. The summed E-state index contributed by atoms with van der Waals surface area (Å²) in [5.74, 6) is 1.48. The number of rotatable bonds is 1. The Bertz CT molecular complexity index is 343. The van der Waals surface area contributed by atoms with E-state index in [1.165, 1.54) is 17.5 Å². The summed E-state index contributed by atoms with van der Waals surface area (Å²) < 4.78 is 0. The fraction of sp³-hybridized carbons (Fsp3) is 0.538. The Labute approximate surface area is 94.8 Å². The summed E-state index contributed by atoms with van der Waals surface area (Å²) in [6, 6.07) is 6.89. The molecule has 1 aromatic carbocycles. The average Bonchev–Trinajstić information content (AvgIpc) is 2.41. The molecule has 0 nitrogen and oxygen atoms in total. The van der Waals surface area contributed by atoms with Crippen LogP contribution in [0.15, 0.2) is 18.2 Å². The molecule has 2 rings (SSSR count). The summed E-state index contributed by atoms with van der Waals surface area (Å²) in [4.78, 5) is 0.558. The maximum absolute atomic E-state index is 3.82. The van der Waals surface area contributed by atoms with Gasteiger partial charge in [-0.2, -0.15) is 0 Å².